The van der Waals surface area contributed by atoms with Crippen molar-refractivity contribution in [3.63, 3.8) is 0 Å². The van der Waals surface area contributed by atoms with Crippen molar-refractivity contribution in [1.29, 1.82) is 0 Å². The van der Waals surface area contributed by atoms with Gasteiger partial charge in [0.05, 0.1) is 18.9 Å². The first-order valence-electron chi connectivity index (χ1n) is 10.4. The standard InChI is InChI=1S/C24H22F3N3O3/c1-16(31)17-3-2-4-18(13-17)22-14-20(15-23(29-22)30-9-11-32-12-10-30)28-19-5-7-21(8-6-19)33-24(25,26)27/h2-8,13-15H,9-12H2,1H3,(H,28,29). The molecule has 0 unspecified atom stereocenters. The first-order chi connectivity index (χ1) is 15.8. The van der Waals surface area contributed by atoms with Gasteiger partial charge in [0.25, 0.3) is 0 Å². The Hall–Kier alpha value is -3.59. The molecule has 1 aliphatic rings. The number of carbonyl (C=O) groups excluding carboxylic acids is 1. The van der Waals surface area contributed by atoms with E-state index in [9.17, 15) is 18.0 Å². The van der Waals surface area contributed by atoms with Gasteiger partial charge in [-0.2, -0.15) is 0 Å². The molecule has 172 valence electrons. The normalized spacial score (nSPS) is 14.1. The van der Waals surface area contributed by atoms with Crippen molar-refractivity contribution in [3.05, 3.63) is 66.2 Å². The lowest BCUT2D eigenvalue weighted by molar-refractivity contribution is -0.274. The minimum Gasteiger partial charge on any atom is -0.406 e. The molecule has 3 aromatic rings. The van der Waals surface area contributed by atoms with Crippen molar-refractivity contribution < 1.29 is 27.4 Å². The fourth-order valence-corrected chi connectivity index (χ4v) is 3.49. The van der Waals surface area contributed by atoms with Crippen molar-refractivity contribution >= 4 is 23.0 Å². The van der Waals surface area contributed by atoms with E-state index in [0.717, 1.165) is 11.4 Å². The van der Waals surface area contributed by atoms with Crippen LogP contribution in [0.5, 0.6) is 5.75 Å². The summed E-state index contributed by atoms with van der Waals surface area (Å²) in [6.07, 6.45) is -4.74. The number of nitrogens with zero attached hydrogens (tertiary/aromatic N) is 2. The van der Waals surface area contributed by atoms with Gasteiger partial charge >= 0.3 is 6.36 Å². The number of ketones is 1. The summed E-state index contributed by atoms with van der Waals surface area (Å²) in [5.74, 6) is 0.405. The quantitative estimate of drug-likeness (QED) is 0.498. The van der Waals surface area contributed by atoms with Gasteiger partial charge in [-0.1, -0.05) is 18.2 Å². The van der Waals surface area contributed by atoms with E-state index in [0.29, 0.717) is 48.9 Å². The lowest BCUT2D eigenvalue weighted by Crippen LogP contribution is -2.36. The number of carbonyl (C=O) groups is 1. The number of benzene rings is 2. The molecule has 1 N–H and O–H groups in total. The van der Waals surface area contributed by atoms with E-state index in [1.807, 2.05) is 24.3 Å². The van der Waals surface area contributed by atoms with Crippen molar-refractivity contribution in [3.8, 4) is 17.0 Å². The predicted molar refractivity (Wildman–Crippen MR) is 119 cm³/mol. The summed E-state index contributed by atoms with van der Waals surface area (Å²) in [6, 6.07) is 16.5. The first kappa shape index (κ1) is 22.6. The Balaban J connectivity index is 1.66. The number of halogens is 3. The monoisotopic (exact) mass is 457 g/mol. The summed E-state index contributed by atoms with van der Waals surface area (Å²) in [4.78, 5) is 18.7. The number of hydrogen-bond acceptors (Lipinski definition) is 6. The maximum Gasteiger partial charge on any atom is 0.573 e. The summed E-state index contributed by atoms with van der Waals surface area (Å²) < 4.78 is 46.6. The molecule has 0 amide bonds. The van der Waals surface area contributed by atoms with E-state index in [2.05, 4.69) is 15.0 Å². The molecule has 0 spiro atoms. The van der Waals surface area contributed by atoms with Gasteiger partial charge in [0.15, 0.2) is 5.78 Å². The van der Waals surface area contributed by atoms with Crippen LogP contribution in [0.25, 0.3) is 11.3 Å². The number of ether oxygens (including phenoxy) is 2. The second-order valence-electron chi connectivity index (χ2n) is 7.53. The van der Waals surface area contributed by atoms with Crippen LogP contribution in [-0.2, 0) is 4.74 Å². The van der Waals surface area contributed by atoms with Gasteiger partial charge in [-0.3, -0.25) is 4.79 Å². The maximum atomic E-state index is 12.4. The van der Waals surface area contributed by atoms with Crippen molar-refractivity contribution in [2.24, 2.45) is 0 Å². The van der Waals surface area contributed by atoms with Crippen molar-refractivity contribution in [2.75, 3.05) is 36.5 Å². The summed E-state index contributed by atoms with van der Waals surface area (Å²) in [5, 5.41) is 3.22. The number of Topliss-reactive ketones (excluding diaryl/α,β-unsaturated/α-hetero) is 1. The van der Waals surface area contributed by atoms with Gasteiger partial charge in [0, 0.05) is 41.7 Å². The van der Waals surface area contributed by atoms with Crippen LogP contribution in [0, 0.1) is 0 Å². The topological polar surface area (TPSA) is 63.7 Å². The molecule has 33 heavy (non-hydrogen) atoms. The average Bonchev–Trinajstić information content (AvgIpc) is 2.80. The second kappa shape index (κ2) is 9.50. The van der Waals surface area contributed by atoms with Crippen LogP contribution in [0.15, 0.2) is 60.7 Å². The van der Waals surface area contributed by atoms with E-state index in [-0.39, 0.29) is 11.5 Å². The molecule has 1 fully saturated rings. The van der Waals surface area contributed by atoms with Crippen molar-refractivity contribution in [1.82, 2.24) is 4.98 Å². The van der Waals surface area contributed by atoms with Crippen LogP contribution in [0.2, 0.25) is 0 Å². The molecule has 4 rings (SSSR count). The fraction of sp³-hybridized carbons (Fsp3) is 0.250. The van der Waals surface area contributed by atoms with Crippen LogP contribution < -0.4 is 15.0 Å². The molecule has 0 atom stereocenters. The Kier molecular flexibility index (Phi) is 6.50. The molecule has 0 radical (unpaired) electrons. The molecule has 0 saturated carbocycles. The number of anilines is 3. The summed E-state index contributed by atoms with van der Waals surface area (Å²) in [6.45, 7) is 4.07. The van der Waals surface area contributed by atoms with E-state index in [1.165, 1.54) is 31.2 Å². The molecule has 2 aromatic carbocycles. The number of hydrogen-bond donors (Lipinski definition) is 1. The number of alkyl halides is 3. The zero-order chi connectivity index (χ0) is 23.4. The molecule has 1 saturated heterocycles. The molecule has 9 heteroatoms. The Morgan fingerprint density at radius 2 is 1.76 bits per heavy atom. The van der Waals surface area contributed by atoms with Gasteiger partial charge in [-0.15, -0.1) is 13.2 Å². The van der Waals surface area contributed by atoms with Crippen LogP contribution in [0.3, 0.4) is 0 Å². The Morgan fingerprint density at radius 1 is 1.03 bits per heavy atom. The molecule has 1 aromatic heterocycles. The van der Waals surface area contributed by atoms with Crippen LogP contribution in [0.4, 0.5) is 30.4 Å². The van der Waals surface area contributed by atoms with Gasteiger partial charge in [-0.05, 0) is 43.3 Å². The molecule has 2 heterocycles. The molecule has 0 aliphatic carbocycles. The molecular formula is C24H22F3N3O3. The highest BCUT2D eigenvalue weighted by atomic mass is 19.4. The third-order valence-electron chi connectivity index (χ3n) is 5.09. The average molecular weight is 457 g/mol. The minimum atomic E-state index is -4.74. The highest BCUT2D eigenvalue weighted by Crippen LogP contribution is 2.30. The number of morpholine rings is 1. The number of aromatic nitrogens is 1. The Morgan fingerprint density at radius 3 is 2.42 bits per heavy atom. The zero-order valence-electron chi connectivity index (χ0n) is 17.9. The number of nitrogens with one attached hydrogen (secondary N) is 1. The second-order valence-corrected chi connectivity index (χ2v) is 7.53. The number of rotatable bonds is 6. The van der Waals surface area contributed by atoms with Gasteiger partial charge in [-0.25, -0.2) is 4.98 Å². The fourth-order valence-electron chi connectivity index (χ4n) is 3.49. The highest BCUT2D eigenvalue weighted by Gasteiger charge is 2.31. The maximum absolute atomic E-state index is 12.4. The van der Waals surface area contributed by atoms with Crippen molar-refractivity contribution in [2.45, 2.75) is 13.3 Å². The van der Waals surface area contributed by atoms with E-state index < -0.39 is 6.36 Å². The molecule has 1 aliphatic heterocycles. The van der Waals surface area contributed by atoms with Crippen LogP contribution in [0.1, 0.15) is 17.3 Å². The first-order valence-corrected chi connectivity index (χ1v) is 10.4. The van der Waals surface area contributed by atoms with Gasteiger partial charge in [0.2, 0.25) is 0 Å². The third-order valence-corrected chi connectivity index (χ3v) is 5.09. The molecule has 6 nitrogen and oxygen atoms in total. The Labute approximate surface area is 189 Å². The summed E-state index contributed by atoms with van der Waals surface area (Å²) >= 11 is 0. The van der Waals surface area contributed by atoms with Gasteiger partial charge in [0.1, 0.15) is 11.6 Å². The molecular weight excluding hydrogens is 435 g/mol. The van der Waals surface area contributed by atoms with E-state index >= 15 is 0 Å². The lowest BCUT2D eigenvalue weighted by atomic mass is 10.0. The zero-order valence-corrected chi connectivity index (χ0v) is 17.9. The van der Waals surface area contributed by atoms with E-state index in [4.69, 9.17) is 9.72 Å². The highest BCUT2D eigenvalue weighted by molar-refractivity contribution is 5.95. The van der Waals surface area contributed by atoms with Gasteiger partial charge < -0.3 is 19.7 Å². The largest absolute Gasteiger partial charge is 0.573 e. The summed E-state index contributed by atoms with van der Waals surface area (Å²) in [5.41, 5.74) is 3.34. The number of pyridine rings is 1. The van der Waals surface area contributed by atoms with E-state index in [1.54, 1.807) is 12.1 Å². The Bertz CT molecular complexity index is 1130. The SMILES string of the molecule is CC(=O)c1cccc(-c2cc(Nc3ccc(OC(F)(F)F)cc3)cc(N3CCOCC3)n2)c1. The third kappa shape index (κ3) is 6.01. The minimum absolute atomic E-state index is 0.0410. The summed E-state index contributed by atoms with van der Waals surface area (Å²) in [7, 11) is 0. The predicted octanol–water partition coefficient (Wildman–Crippen LogP) is 5.43. The smallest absolute Gasteiger partial charge is 0.406 e. The van der Waals surface area contributed by atoms with Crippen LogP contribution >= 0.6 is 0 Å². The molecule has 0 bridgehead atoms. The lowest BCUT2D eigenvalue weighted by Gasteiger charge is -2.28. The van der Waals surface area contributed by atoms with Crippen LogP contribution in [-0.4, -0.2) is 43.4 Å².